The Morgan fingerprint density at radius 3 is 2.04 bits per heavy atom. The third-order valence-electron chi connectivity index (χ3n) is 4.81. The molecule has 2 aliphatic heterocycles. The van der Waals surface area contributed by atoms with E-state index >= 15 is 0 Å². The van der Waals surface area contributed by atoms with Gasteiger partial charge in [-0.05, 0) is 0 Å². The first-order chi connectivity index (χ1) is 13.5. The summed E-state index contributed by atoms with van der Waals surface area (Å²) in [6.07, 6.45) is -3.74. The Hall–Kier alpha value is -1.22. The summed E-state index contributed by atoms with van der Waals surface area (Å²) >= 11 is 13.2. The minimum absolute atomic E-state index is 0.0579. The van der Waals surface area contributed by atoms with Gasteiger partial charge in [-0.2, -0.15) is 0 Å². The van der Waals surface area contributed by atoms with E-state index in [1.807, 2.05) is 24.3 Å². The van der Waals surface area contributed by atoms with Gasteiger partial charge in [0.15, 0.2) is 0 Å². The first-order valence-electron chi connectivity index (χ1n) is 8.90. The van der Waals surface area contributed by atoms with Gasteiger partial charge in [0.2, 0.25) is 0 Å². The third-order valence-corrected chi connectivity index (χ3v) is 5.62. The van der Waals surface area contributed by atoms with Gasteiger partial charge in [0.05, 0.1) is 13.2 Å². The average molecular weight is 427 g/mol. The summed E-state index contributed by atoms with van der Waals surface area (Å²) in [4.78, 5) is 0. The Balaban J connectivity index is 1.65. The van der Waals surface area contributed by atoms with E-state index in [4.69, 9.17) is 42.1 Å². The molecule has 4 rings (SSSR count). The van der Waals surface area contributed by atoms with Gasteiger partial charge in [0.25, 0.3) is 10.5 Å². The topological polar surface area (TPSA) is 77.4 Å². The molecule has 0 spiro atoms. The van der Waals surface area contributed by atoms with Crippen LogP contribution in [0.15, 0.2) is 60.7 Å². The highest BCUT2D eigenvalue weighted by Crippen LogP contribution is 2.47. The van der Waals surface area contributed by atoms with Crippen LogP contribution in [0.5, 0.6) is 0 Å². The molecule has 0 aliphatic carbocycles. The van der Waals surface area contributed by atoms with E-state index in [0.29, 0.717) is 11.1 Å². The van der Waals surface area contributed by atoms with Gasteiger partial charge in [-0.3, -0.25) is 0 Å². The second kappa shape index (κ2) is 7.89. The van der Waals surface area contributed by atoms with Gasteiger partial charge in [0.1, 0.15) is 24.4 Å². The zero-order valence-electron chi connectivity index (χ0n) is 14.8. The first kappa shape index (κ1) is 20.1. The van der Waals surface area contributed by atoms with Crippen LogP contribution in [0.4, 0.5) is 0 Å². The predicted octanol–water partition coefficient (Wildman–Crippen LogP) is 2.64. The molecular weight excluding hydrogens is 407 g/mol. The van der Waals surface area contributed by atoms with E-state index in [2.05, 4.69) is 0 Å². The number of aliphatic hydroxyl groups excluding tert-OH is 2. The molecule has 0 bridgehead atoms. The van der Waals surface area contributed by atoms with Crippen LogP contribution in [0.1, 0.15) is 11.1 Å². The van der Waals surface area contributed by atoms with E-state index in [1.165, 1.54) is 0 Å². The maximum Gasteiger partial charge on any atom is 0.277 e. The minimum Gasteiger partial charge on any atom is -0.394 e. The van der Waals surface area contributed by atoms with Gasteiger partial charge >= 0.3 is 0 Å². The highest BCUT2D eigenvalue weighted by Gasteiger charge is 2.56. The Kier molecular flexibility index (Phi) is 5.66. The molecule has 2 heterocycles. The van der Waals surface area contributed by atoms with E-state index in [-0.39, 0.29) is 6.61 Å². The monoisotopic (exact) mass is 426 g/mol. The van der Waals surface area contributed by atoms with Gasteiger partial charge in [0, 0.05) is 11.1 Å². The van der Waals surface area contributed by atoms with Crippen molar-refractivity contribution >= 4 is 23.2 Å². The minimum atomic E-state index is -1.66. The molecule has 0 amide bonds. The molecule has 8 heteroatoms. The molecule has 2 aromatic carbocycles. The molecule has 2 saturated heterocycles. The summed E-state index contributed by atoms with van der Waals surface area (Å²) in [6.45, 7) is -0.483. The highest BCUT2D eigenvalue weighted by atomic mass is 35.5. The van der Waals surface area contributed by atoms with Crippen LogP contribution in [0.25, 0.3) is 0 Å². The molecule has 2 fully saturated rings. The molecule has 6 nitrogen and oxygen atoms in total. The number of benzene rings is 2. The van der Waals surface area contributed by atoms with E-state index in [1.54, 1.807) is 36.4 Å². The van der Waals surface area contributed by atoms with Crippen LogP contribution < -0.4 is 0 Å². The number of alkyl halides is 2. The van der Waals surface area contributed by atoms with E-state index in [9.17, 15) is 10.2 Å². The fraction of sp³-hybridized carbons (Fsp3) is 0.400. The Bertz CT molecular complexity index is 792. The molecule has 2 N–H and O–H groups in total. The standard InChI is InChI=1S/C20H20Cl2O6/c21-19(13-7-3-1-4-8-13)25-12-16-18(28-19)17(15(24)11-23)27-20(22,26-16)14-9-5-2-6-10-14/h1-10,15-18,23-24H,11-12H2/t15-,16+,17+,18+,19?,20?/m1/s1. The Morgan fingerprint density at radius 2 is 1.46 bits per heavy atom. The fourth-order valence-electron chi connectivity index (χ4n) is 3.38. The maximum atomic E-state index is 10.4. The lowest BCUT2D eigenvalue weighted by atomic mass is 9.99. The Morgan fingerprint density at radius 1 is 0.893 bits per heavy atom. The quantitative estimate of drug-likeness (QED) is 0.731. The number of rotatable bonds is 4. The third kappa shape index (κ3) is 3.67. The number of ether oxygens (including phenoxy) is 4. The molecule has 2 aromatic rings. The summed E-state index contributed by atoms with van der Waals surface area (Å²) in [5.41, 5.74) is 1.15. The van der Waals surface area contributed by atoms with E-state index in [0.717, 1.165) is 0 Å². The van der Waals surface area contributed by atoms with Crippen molar-refractivity contribution in [3.05, 3.63) is 71.8 Å². The van der Waals surface area contributed by atoms with Crippen LogP contribution >= 0.6 is 23.2 Å². The van der Waals surface area contributed by atoms with Crippen LogP contribution in [0.3, 0.4) is 0 Å². The largest absolute Gasteiger partial charge is 0.394 e. The van der Waals surface area contributed by atoms with Gasteiger partial charge in [-0.1, -0.05) is 83.9 Å². The summed E-state index contributed by atoms with van der Waals surface area (Å²) in [7, 11) is 0. The molecule has 28 heavy (non-hydrogen) atoms. The number of hydrogen-bond acceptors (Lipinski definition) is 6. The van der Waals surface area contributed by atoms with Gasteiger partial charge < -0.3 is 29.2 Å². The van der Waals surface area contributed by atoms with Crippen molar-refractivity contribution in [1.82, 2.24) is 0 Å². The van der Waals surface area contributed by atoms with Crippen LogP contribution in [-0.4, -0.2) is 47.8 Å². The maximum absolute atomic E-state index is 10.4. The van der Waals surface area contributed by atoms with E-state index < -0.39 is 41.5 Å². The number of aliphatic hydroxyl groups is 2. The zero-order chi connectivity index (χ0) is 19.8. The smallest absolute Gasteiger partial charge is 0.277 e. The predicted molar refractivity (Wildman–Crippen MR) is 102 cm³/mol. The second-order valence-electron chi connectivity index (χ2n) is 6.69. The van der Waals surface area contributed by atoms with Crippen LogP contribution in [0, 0.1) is 0 Å². The highest BCUT2D eigenvalue weighted by molar-refractivity contribution is 6.22. The molecule has 2 unspecified atom stereocenters. The van der Waals surface area contributed by atoms with Crippen molar-refractivity contribution in [2.24, 2.45) is 0 Å². The molecule has 2 aliphatic rings. The number of fused-ring (bicyclic) bond motifs is 1. The van der Waals surface area contributed by atoms with Crippen molar-refractivity contribution in [2.75, 3.05) is 13.2 Å². The Labute approximate surface area is 172 Å². The molecule has 0 aromatic heterocycles. The molecule has 0 saturated carbocycles. The molecule has 150 valence electrons. The fourth-order valence-corrected chi connectivity index (χ4v) is 4.01. The van der Waals surface area contributed by atoms with Crippen LogP contribution in [0.2, 0.25) is 0 Å². The number of halogens is 2. The summed E-state index contributed by atoms with van der Waals surface area (Å²) in [5, 5.41) is 16.7. The lowest BCUT2D eigenvalue weighted by Crippen LogP contribution is -2.64. The first-order valence-corrected chi connectivity index (χ1v) is 9.66. The number of hydrogen-bond donors (Lipinski definition) is 2. The van der Waals surface area contributed by atoms with Crippen molar-refractivity contribution in [1.29, 1.82) is 0 Å². The lowest BCUT2D eigenvalue weighted by Gasteiger charge is -2.51. The van der Waals surface area contributed by atoms with Crippen molar-refractivity contribution in [3.63, 3.8) is 0 Å². The molecule has 0 radical (unpaired) electrons. The van der Waals surface area contributed by atoms with Crippen molar-refractivity contribution in [2.45, 2.75) is 34.9 Å². The average Bonchev–Trinajstić information content (AvgIpc) is 2.74. The normalized spacial score (nSPS) is 36.5. The summed E-state index contributed by atoms with van der Waals surface area (Å²) in [5.74, 6) is 0. The van der Waals surface area contributed by atoms with Gasteiger partial charge in [-0.25, -0.2) is 0 Å². The van der Waals surface area contributed by atoms with Crippen LogP contribution in [-0.2, 0) is 29.4 Å². The SMILES string of the molecule is OC[C@@H](O)[C@@H]1OC(Cl)(c2ccccc2)O[C@H]2COC(Cl)(c3ccccc3)O[C@H]12. The second-order valence-corrected chi connectivity index (χ2v) is 7.68. The zero-order valence-corrected chi connectivity index (χ0v) is 16.3. The summed E-state index contributed by atoms with van der Waals surface area (Å²) in [6, 6.07) is 17.9. The molecular formula is C20H20Cl2O6. The van der Waals surface area contributed by atoms with Crippen molar-refractivity contribution < 1.29 is 29.2 Å². The van der Waals surface area contributed by atoms with Gasteiger partial charge in [-0.15, -0.1) is 0 Å². The molecule has 6 atom stereocenters. The lowest BCUT2D eigenvalue weighted by molar-refractivity contribution is -0.399. The van der Waals surface area contributed by atoms with Crippen molar-refractivity contribution in [3.8, 4) is 0 Å². The summed E-state index contributed by atoms with van der Waals surface area (Å²) < 4.78 is 23.6.